The van der Waals surface area contributed by atoms with Crippen LogP contribution in [0, 0.1) is 0 Å². The zero-order chi connectivity index (χ0) is 21.3. The number of piperidine rings is 1. The standard InChI is InChI=1S/C21H24N4O3S2/c1-24(2)16-8-6-7-15(13-16)20(26)23-21-22-18-10-9-17(14-19(18)29-21)30(27,28)25-11-4-3-5-12-25/h6-10,13-14H,3-5,11-12H2,1-2H3,(H,22,23,26). The topological polar surface area (TPSA) is 82.6 Å². The number of amides is 1. The van der Waals surface area contributed by atoms with Crippen molar-refractivity contribution in [1.29, 1.82) is 0 Å². The Kier molecular flexibility index (Phi) is 5.77. The summed E-state index contributed by atoms with van der Waals surface area (Å²) in [7, 11) is 0.331. The number of fused-ring (bicyclic) bond motifs is 1. The molecule has 4 rings (SSSR count). The first-order chi connectivity index (χ1) is 14.3. The second-order valence-corrected chi connectivity index (χ2v) is 10.5. The quantitative estimate of drug-likeness (QED) is 0.647. The molecule has 30 heavy (non-hydrogen) atoms. The van der Waals surface area contributed by atoms with Crippen LogP contribution in [-0.4, -0.2) is 50.8 Å². The molecule has 0 saturated carbocycles. The normalized spacial score (nSPS) is 15.3. The van der Waals surface area contributed by atoms with Crippen molar-refractivity contribution in [2.45, 2.75) is 24.2 Å². The maximum Gasteiger partial charge on any atom is 0.257 e. The van der Waals surface area contributed by atoms with Crippen molar-refractivity contribution in [1.82, 2.24) is 9.29 Å². The highest BCUT2D eigenvalue weighted by atomic mass is 32.2. The Morgan fingerprint density at radius 3 is 2.60 bits per heavy atom. The first-order valence-electron chi connectivity index (χ1n) is 9.84. The van der Waals surface area contributed by atoms with E-state index in [1.165, 1.54) is 11.3 Å². The number of hydrogen-bond donors (Lipinski definition) is 1. The number of carbonyl (C=O) groups is 1. The number of carbonyl (C=O) groups excluding carboxylic acids is 1. The van der Waals surface area contributed by atoms with Crippen molar-refractivity contribution in [3.8, 4) is 0 Å². The highest BCUT2D eigenvalue weighted by Crippen LogP contribution is 2.30. The summed E-state index contributed by atoms with van der Waals surface area (Å²) < 4.78 is 28.1. The Balaban J connectivity index is 1.57. The fraction of sp³-hybridized carbons (Fsp3) is 0.333. The molecule has 0 spiro atoms. The van der Waals surface area contributed by atoms with Crippen molar-refractivity contribution in [2.75, 3.05) is 37.4 Å². The largest absolute Gasteiger partial charge is 0.378 e. The maximum atomic E-state index is 12.9. The number of thiazole rings is 1. The van der Waals surface area contributed by atoms with E-state index in [-0.39, 0.29) is 10.8 Å². The van der Waals surface area contributed by atoms with Gasteiger partial charge < -0.3 is 4.90 Å². The zero-order valence-electron chi connectivity index (χ0n) is 17.0. The summed E-state index contributed by atoms with van der Waals surface area (Å²) >= 11 is 1.27. The van der Waals surface area contributed by atoms with Gasteiger partial charge in [-0.25, -0.2) is 13.4 Å². The van der Waals surface area contributed by atoms with Crippen LogP contribution in [0.1, 0.15) is 29.6 Å². The molecular formula is C21H24N4O3S2. The number of rotatable bonds is 5. The Morgan fingerprint density at radius 1 is 1.10 bits per heavy atom. The Bertz CT molecular complexity index is 1180. The van der Waals surface area contributed by atoms with Gasteiger partial charge in [-0.15, -0.1) is 0 Å². The van der Waals surface area contributed by atoms with Gasteiger partial charge in [0.2, 0.25) is 10.0 Å². The van der Waals surface area contributed by atoms with Crippen molar-refractivity contribution in [3.05, 3.63) is 48.0 Å². The van der Waals surface area contributed by atoms with Gasteiger partial charge in [-0.3, -0.25) is 10.1 Å². The Morgan fingerprint density at radius 2 is 1.87 bits per heavy atom. The van der Waals surface area contributed by atoms with Gasteiger partial charge in [0, 0.05) is 38.4 Å². The van der Waals surface area contributed by atoms with Gasteiger partial charge >= 0.3 is 0 Å². The average Bonchev–Trinajstić information content (AvgIpc) is 3.15. The molecule has 1 aromatic heterocycles. The van der Waals surface area contributed by atoms with Gasteiger partial charge in [0.1, 0.15) is 0 Å². The predicted molar refractivity (Wildman–Crippen MR) is 121 cm³/mol. The minimum absolute atomic E-state index is 0.251. The van der Waals surface area contributed by atoms with E-state index in [0.29, 0.717) is 29.3 Å². The molecule has 9 heteroatoms. The molecule has 3 aromatic rings. The fourth-order valence-corrected chi connectivity index (χ4v) is 5.99. The lowest BCUT2D eigenvalue weighted by Gasteiger charge is -2.25. The summed E-state index contributed by atoms with van der Waals surface area (Å²) in [4.78, 5) is 19.3. The Hall–Kier alpha value is -2.49. The number of aromatic nitrogens is 1. The van der Waals surface area contributed by atoms with E-state index in [9.17, 15) is 13.2 Å². The number of benzene rings is 2. The second kappa shape index (κ2) is 8.33. The summed E-state index contributed by atoms with van der Waals surface area (Å²) in [5.41, 5.74) is 2.13. The fourth-order valence-electron chi connectivity index (χ4n) is 3.47. The molecule has 1 fully saturated rings. The molecular weight excluding hydrogens is 420 g/mol. The van der Waals surface area contributed by atoms with Crippen LogP contribution < -0.4 is 10.2 Å². The van der Waals surface area contributed by atoms with E-state index in [4.69, 9.17) is 0 Å². The Labute approximate surface area is 180 Å². The second-order valence-electron chi connectivity index (χ2n) is 7.51. The third-order valence-corrected chi connectivity index (χ3v) is 7.99. The first kappa shape index (κ1) is 20.8. The predicted octanol–water partition coefficient (Wildman–Crippen LogP) is 3.79. The van der Waals surface area contributed by atoms with Gasteiger partial charge in [0.15, 0.2) is 5.13 Å². The van der Waals surface area contributed by atoms with Crippen molar-refractivity contribution in [2.24, 2.45) is 0 Å². The molecule has 2 heterocycles. The molecule has 0 atom stereocenters. The smallest absolute Gasteiger partial charge is 0.257 e. The van der Waals surface area contributed by atoms with E-state index < -0.39 is 10.0 Å². The van der Waals surface area contributed by atoms with Gasteiger partial charge in [-0.05, 0) is 49.2 Å². The molecule has 1 aliphatic rings. The lowest BCUT2D eigenvalue weighted by molar-refractivity contribution is 0.102. The van der Waals surface area contributed by atoms with Crippen LogP contribution in [0.5, 0.6) is 0 Å². The lowest BCUT2D eigenvalue weighted by atomic mass is 10.2. The molecule has 1 aliphatic heterocycles. The summed E-state index contributed by atoms with van der Waals surface area (Å²) in [6.07, 6.45) is 2.86. The van der Waals surface area contributed by atoms with Gasteiger partial charge in [0.25, 0.3) is 5.91 Å². The zero-order valence-corrected chi connectivity index (χ0v) is 18.6. The molecule has 0 radical (unpaired) electrons. The van der Waals surface area contributed by atoms with Crippen LogP contribution in [0.25, 0.3) is 10.2 Å². The number of sulfonamides is 1. The van der Waals surface area contributed by atoms with Crippen molar-refractivity contribution in [3.63, 3.8) is 0 Å². The van der Waals surface area contributed by atoms with Crippen molar-refractivity contribution >= 4 is 48.3 Å². The molecule has 0 unspecified atom stereocenters. The highest BCUT2D eigenvalue weighted by molar-refractivity contribution is 7.89. The number of nitrogens with one attached hydrogen (secondary N) is 1. The maximum absolute atomic E-state index is 12.9. The number of hydrogen-bond acceptors (Lipinski definition) is 6. The number of anilines is 2. The molecule has 1 amide bonds. The van der Waals surface area contributed by atoms with Gasteiger partial charge in [-0.1, -0.05) is 23.8 Å². The van der Waals surface area contributed by atoms with E-state index in [0.717, 1.165) is 29.6 Å². The summed E-state index contributed by atoms with van der Waals surface area (Å²) in [5, 5.41) is 3.27. The van der Waals surface area contributed by atoms with E-state index in [1.807, 2.05) is 37.2 Å². The summed E-state index contributed by atoms with van der Waals surface area (Å²) in [6, 6.07) is 12.3. The first-order valence-corrected chi connectivity index (χ1v) is 12.1. The van der Waals surface area contributed by atoms with Gasteiger partial charge in [0.05, 0.1) is 15.1 Å². The van der Waals surface area contributed by atoms with Crippen LogP contribution in [-0.2, 0) is 10.0 Å². The minimum atomic E-state index is -3.50. The highest BCUT2D eigenvalue weighted by Gasteiger charge is 2.26. The van der Waals surface area contributed by atoms with E-state index in [2.05, 4.69) is 10.3 Å². The molecule has 1 N–H and O–H groups in total. The van der Waals surface area contributed by atoms with Crippen LogP contribution >= 0.6 is 11.3 Å². The summed E-state index contributed by atoms with van der Waals surface area (Å²) in [6.45, 7) is 1.13. The minimum Gasteiger partial charge on any atom is -0.378 e. The molecule has 7 nitrogen and oxygen atoms in total. The average molecular weight is 445 g/mol. The van der Waals surface area contributed by atoms with Crippen LogP contribution in [0.4, 0.5) is 10.8 Å². The van der Waals surface area contributed by atoms with Crippen LogP contribution in [0.2, 0.25) is 0 Å². The molecule has 0 bridgehead atoms. The summed E-state index contributed by atoms with van der Waals surface area (Å²) in [5.74, 6) is -0.251. The third-order valence-electron chi connectivity index (χ3n) is 5.16. The molecule has 2 aromatic carbocycles. The van der Waals surface area contributed by atoms with Crippen LogP contribution in [0.3, 0.4) is 0 Å². The van der Waals surface area contributed by atoms with E-state index in [1.54, 1.807) is 28.6 Å². The molecule has 0 aliphatic carbocycles. The molecule has 158 valence electrons. The third kappa shape index (κ3) is 4.19. The monoisotopic (exact) mass is 444 g/mol. The van der Waals surface area contributed by atoms with Crippen molar-refractivity contribution < 1.29 is 13.2 Å². The van der Waals surface area contributed by atoms with Crippen LogP contribution in [0.15, 0.2) is 47.4 Å². The molecule has 1 saturated heterocycles. The van der Waals surface area contributed by atoms with E-state index >= 15 is 0 Å². The lowest BCUT2D eigenvalue weighted by Crippen LogP contribution is -2.35. The SMILES string of the molecule is CN(C)c1cccc(C(=O)Nc2nc3ccc(S(=O)(=O)N4CCCCC4)cc3s2)c1. The number of nitrogens with zero attached hydrogens (tertiary/aromatic N) is 3. The van der Waals surface area contributed by atoms with Gasteiger partial charge in [-0.2, -0.15) is 4.31 Å².